The molecule has 4 atom stereocenters. The van der Waals surface area contributed by atoms with Gasteiger partial charge in [0.15, 0.2) is 34.9 Å². The number of aromatic amines is 2. The molecule has 0 saturated heterocycles. The van der Waals surface area contributed by atoms with Crippen molar-refractivity contribution in [3.63, 3.8) is 0 Å². The number of aromatic nitrogens is 8. The number of nitrogens with one attached hydrogen (secondary N) is 5. The zero-order chi connectivity index (χ0) is 37.1. The lowest BCUT2D eigenvalue weighted by Crippen LogP contribution is -2.41. The van der Waals surface area contributed by atoms with Crippen LogP contribution in [0.25, 0.3) is 44.8 Å². The summed E-state index contributed by atoms with van der Waals surface area (Å²) in [5, 5.41) is 11.9. The lowest BCUT2D eigenvalue weighted by molar-refractivity contribution is -0.119. The van der Waals surface area contributed by atoms with Gasteiger partial charge >= 0.3 is 0 Å². The quantitative estimate of drug-likeness (QED) is 0.0974. The first-order valence-corrected chi connectivity index (χ1v) is 18.2. The van der Waals surface area contributed by atoms with E-state index in [0.29, 0.717) is 38.6 Å². The summed E-state index contributed by atoms with van der Waals surface area (Å²) in [4.78, 5) is 42.9. The van der Waals surface area contributed by atoms with Crippen LogP contribution in [0.5, 0.6) is 0 Å². The summed E-state index contributed by atoms with van der Waals surface area (Å²) in [6.07, 6.45) is 16.3. The van der Waals surface area contributed by atoms with E-state index < -0.39 is 11.6 Å². The van der Waals surface area contributed by atoms with E-state index in [1.54, 1.807) is 36.9 Å². The number of carbonyl (C=O) groups is 1. The molecule has 13 nitrogen and oxygen atoms in total. The van der Waals surface area contributed by atoms with Gasteiger partial charge in [-0.15, -0.1) is 0 Å². The fourth-order valence-electron chi connectivity index (χ4n) is 7.01. The van der Waals surface area contributed by atoms with Crippen LogP contribution in [0.2, 0.25) is 10.0 Å². The monoisotopic (exact) mass is 762 g/mol. The van der Waals surface area contributed by atoms with Gasteiger partial charge in [0.05, 0.1) is 22.4 Å². The van der Waals surface area contributed by atoms with E-state index in [1.807, 2.05) is 0 Å². The third-order valence-electron chi connectivity index (χ3n) is 9.44. The van der Waals surface area contributed by atoms with Crippen molar-refractivity contribution in [1.82, 2.24) is 45.2 Å². The van der Waals surface area contributed by atoms with E-state index in [2.05, 4.69) is 55.8 Å². The van der Waals surface area contributed by atoms with Crippen LogP contribution in [0.3, 0.4) is 0 Å². The summed E-state index contributed by atoms with van der Waals surface area (Å²) < 4.78 is 28.5. The first-order valence-electron chi connectivity index (χ1n) is 17.5. The molecule has 2 aliphatic rings. The fourth-order valence-corrected chi connectivity index (χ4v) is 7.32. The van der Waals surface area contributed by atoms with E-state index in [1.165, 1.54) is 13.1 Å². The summed E-state index contributed by atoms with van der Waals surface area (Å²) in [6.45, 7) is 1.51. The number of fused-ring (bicyclic) bond motifs is 2. The average molecular weight is 764 g/mol. The number of nitrogens with two attached hydrogens (primary N) is 1. The molecule has 6 aromatic rings. The van der Waals surface area contributed by atoms with Crippen molar-refractivity contribution >= 4 is 62.8 Å². The number of rotatable bonds is 7. The maximum absolute atomic E-state index is 14.4. The smallest absolute Gasteiger partial charge is 0.217 e. The normalized spacial score (nSPS) is 20.1. The highest BCUT2D eigenvalue weighted by Crippen LogP contribution is 2.31. The molecule has 276 valence electrons. The first-order chi connectivity index (χ1) is 25.6. The maximum Gasteiger partial charge on any atom is 0.217 e. The highest BCUT2D eigenvalue weighted by atomic mass is 35.5. The Labute approximate surface area is 313 Å². The maximum atomic E-state index is 14.4. The molecule has 53 heavy (non-hydrogen) atoms. The molecular formula is C36H38Cl2F2N12O. The van der Waals surface area contributed by atoms with Crippen LogP contribution >= 0.6 is 23.2 Å². The second-order valence-corrected chi connectivity index (χ2v) is 14.3. The third kappa shape index (κ3) is 8.64. The first kappa shape index (κ1) is 36.4. The van der Waals surface area contributed by atoms with Gasteiger partial charge in [-0.2, -0.15) is 0 Å². The second-order valence-electron chi connectivity index (χ2n) is 13.5. The van der Waals surface area contributed by atoms with Crippen LogP contribution in [-0.4, -0.2) is 69.9 Å². The minimum Gasteiger partial charge on any atom is -0.365 e. The molecule has 0 unspecified atom stereocenters. The van der Waals surface area contributed by atoms with Crippen molar-refractivity contribution in [3.8, 4) is 22.8 Å². The van der Waals surface area contributed by atoms with Crippen molar-refractivity contribution in [3.05, 3.63) is 71.0 Å². The van der Waals surface area contributed by atoms with Gasteiger partial charge < -0.3 is 31.7 Å². The molecule has 0 aliphatic heterocycles. The van der Waals surface area contributed by atoms with Crippen molar-refractivity contribution in [2.24, 2.45) is 5.73 Å². The molecular weight excluding hydrogens is 725 g/mol. The molecule has 17 heteroatoms. The van der Waals surface area contributed by atoms with E-state index in [0.717, 1.165) is 73.9 Å². The van der Waals surface area contributed by atoms with E-state index in [4.69, 9.17) is 28.9 Å². The molecule has 2 aliphatic carbocycles. The fraction of sp³-hybridized carbons (Fsp3) is 0.361. The topological polar surface area (TPSA) is 188 Å². The predicted octanol–water partition coefficient (Wildman–Crippen LogP) is 7.17. The third-order valence-corrected chi connectivity index (χ3v) is 9.86. The molecule has 6 heterocycles. The van der Waals surface area contributed by atoms with E-state index >= 15 is 0 Å². The number of H-pyrrole nitrogens is 2. The Morgan fingerprint density at radius 3 is 1.74 bits per heavy atom. The van der Waals surface area contributed by atoms with Gasteiger partial charge in [-0.25, -0.2) is 38.7 Å². The lowest BCUT2D eigenvalue weighted by atomic mass is 9.91. The number of carbonyl (C=O) groups excluding carboxylic acids is 1. The zero-order valence-electron chi connectivity index (χ0n) is 28.8. The number of anilines is 2. The van der Waals surface area contributed by atoms with E-state index in [-0.39, 0.29) is 41.7 Å². The Kier molecular flexibility index (Phi) is 10.9. The highest BCUT2D eigenvalue weighted by molar-refractivity contribution is 6.31. The molecule has 7 N–H and O–H groups in total. The molecule has 2 saturated carbocycles. The summed E-state index contributed by atoms with van der Waals surface area (Å²) in [6, 6.07) is 3.96. The predicted molar refractivity (Wildman–Crippen MR) is 202 cm³/mol. The Bertz CT molecular complexity index is 2250. The number of hydrogen-bond donors (Lipinski definition) is 6. The highest BCUT2D eigenvalue weighted by Gasteiger charge is 2.25. The molecule has 8 rings (SSSR count). The summed E-state index contributed by atoms with van der Waals surface area (Å²) in [5.41, 5.74) is 8.78. The lowest BCUT2D eigenvalue weighted by Gasteiger charge is -2.30. The zero-order valence-corrected chi connectivity index (χ0v) is 30.3. The number of amides is 1. The Balaban J connectivity index is 0.000000165. The van der Waals surface area contributed by atoms with Gasteiger partial charge in [-0.3, -0.25) is 4.79 Å². The molecule has 1 amide bonds. The molecule has 0 radical (unpaired) electrons. The Hall–Kier alpha value is -4.99. The summed E-state index contributed by atoms with van der Waals surface area (Å²) in [7, 11) is 0. The Morgan fingerprint density at radius 2 is 1.23 bits per heavy atom. The van der Waals surface area contributed by atoms with Gasteiger partial charge in [0, 0.05) is 77.8 Å². The van der Waals surface area contributed by atoms with Crippen molar-refractivity contribution in [2.75, 3.05) is 10.6 Å². The second kappa shape index (κ2) is 15.9. The minimum absolute atomic E-state index is 0.0296. The van der Waals surface area contributed by atoms with E-state index in [9.17, 15) is 13.6 Å². The average Bonchev–Trinajstić information content (AvgIpc) is 3.74. The summed E-state index contributed by atoms with van der Waals surface area (Å²) >= 11 is 12.1. The molecule has 0 bridgehead atoms. The van der Waals surface area contributed by atoms with Crippen LogP contribution < -0.4 is 21.7 Å². The van der Waals surface area contributed by atoms with Crippen LogP contribution in [-0.2, 0) is 4.79 Å². The molecule has 2 fully saturated rings. The van der Waals surface area contributed by atoms with Gasteiger partial charge in [0.25, 0.3) is 0 Å². The minimum atomic E-state index is -0.513. The number of hydrogen-bond acceptors (Lipinski definition) is 10. The Morgan fingerprint density at radius 1 is 0.736 bits per heavy atom. The SMILES string of the molecule is CC(=O)N[C@@H]1CCC[C@H](Nc2nc(-c3c[nH]c4ncc(Cl)cc34)ncc2F)C1.N[C@H]1CCC[C@@H](Nc2nc(-c3c[nH]c4ncc(Cl)cc34)ncc2F)C1. The number of nitrogens with zero attached hydrogens (tertiary/aromatic N) is 6. The number of halogens is 4. The van der Waals surface area contributed by atoms with Crippen molar-refractivity contribution in [1.29, 1.82) is 0 Å². The van der Waals surface area contributed by atoms with Crippen molar-refractivity contribution in [2.45, 2.75) is 82.5 Å². The van der Waals surface area contributed by atoms with Gasteiger partial charge in [0.1, 0.15) is 11.3 Å². The molecule has 0 aromatic carbocycles. The van der Waals surface area contributed by atoms with Gasteiger partial charge in [0.2, 0.25) is 5.91 Å². The molecule has 6 aromatic heterocycles. The summed E-state index contributed by atoms with van der Waals surface area (Å²) in [5.74, 6) is 0.122. The number of pyridine rings is 2. The van der Waals surface area contributed by atoms with Gasteiger partial charge in [-0.1, -0.05) is 23.2 Å². The standard InChI is InChI=1S/C19H20ClFN6O.C17H18ClFN6/c1-10(28)25-12-3-2-4-13(6-12)26-19-16(21)9-24-18(27-19)15-8-23-17-14(15)5-11(20)7-22-17;18-9-4-12-13(7-22-15(12)21-6-9)16-23-8-14(19)17(25-16)24-11-3-1-2-10(20)5-11/h5,7-9,12-13H,2-4,6H2,1H3,(H,22,23)(H,25,28)(H,24,26,27);4,6-8,10-11H,1-3,5,20H2,(H,21,22)(H,23,24,25)/t12-,13+;10-,11+/m10/s1. The van der Waals surface area contributed by atoms with Crippen LogP contribution in [0.15, 0.2) is 49.3 Å². The van der Waals surface area contributed by atoms with Gasteiger partial charge in [-0.05, 0) is 63.5 Å². The van der Waals surface area contributed by atoms with Crippen molar-refractivity contribution < 1.29 is 13.6 Å². The largest absolute Gasteiger partial charge is 0.365 e. The van der Waals surface area contributed by atoms with Crippen LogP contribution in [0.4, 0.5) is 20.4 Å². The van der Waals surface area contributed by atoms with Crippen LogP contribution in [0, 0.1) is 11.6 Å². The molecule has 0 spiro atoms. The van der Waals surface area contributed by atoms with Crippen LogP contribution in [0.1, 0.15) is 58.3 Å².